The Bertz CT molecular complexity index is 859. The molecule has 1 N–H and O–H groups in total. The van der Waals surface area contributed by atoms with Crippen LogP contribution in [0.3, 0.4) is 0 Å². The van der Waals surface area contributed by atoms with E-state index in [2.05, 4.69) is 5.32 Å². The average Bonchev–Trinajstić information content (AvgIpc) is 2.91. The van der Waals surface area contributed by atoms with Crippen molar-refractivity contribution in [1.29, 1.82) is 0 Å². The quantitative estimate of drug-likeness (QED) is 0.766. The molecule has 0 unspecified atom stereocenters. The largest absolute Gasteiger partial charge is 0.462 e. The predicted octanol–water partition coefficient (Wildman–Crippen LogP) is 4.68. The first kappa shape index (κ1) is 18.9. The predicted molar refractivity (Wildman–Crippen MR) is 102 cm³/mol. The molecule has 0 fully saturated rings. The fraction of sp³-hybridized carbons (Fsp3) is 0.368. The van der Waals surface area contributed by atoms with Gasteiger partial charge in [0.25, 0.3) is 5.91 Å². The second-order valence-electron chi connectivity index (χ2n) is 6.59. The molecule has 0 bridgehead atoms. The van der Waals surface area contributed by atoms with E-state index in [9.17, 15) is 9.59 Å². The molecule has 2 heterocycles. The third kappa shape index (κ3) is 3.77. The van der Waals surface area contributed by atoms with Gasteiger partial charge in [-0.1, -0.05) is 23.7 Å². The van der Waals surface area contributed by atoms with E-state index in [0.29, 0.717) is 34.2 Å². The van der Waals surface area contributed by atoms with Crippen molar-refractivity contribution < 1.29 is 19.1 Å². The van der Waals surface area contributed by atoms with Crippen LogP contribution in [0.4, 0.5) is 5.00 Å². The molecule has 0 atom stereocenters. The van der Waals surface area contributed by atoms with Crippen LogP contribution < -0.4 is 5.32 Å². The molecule has 7 heteroatoms. The summed E-state index contributed by atoms with van der Waals surface area (Å²) in [5.74, 6) is -0.794. The highest BCUT2D eigenvalue weighted by atomic mass is 35.5. The van der Waals surface area contributed by atoms with Gasteiger partial charge < -0.3 is 14.8 Å². The first-order valence-corrected chi connectivity index (χ1v) is 9.53. The molecule has 0 aliphatic carbocycles. The van der Waals surface area contributed by atoms with Crippen molar-refractivity contribution in [2.24, 2.45) is 0 Å². The third-order valence-corrected chi connectivity index (χ3v) is 5.56. The Morgan fingerprint density at radius 1 is 1.35 bits per heavy atom. The highest BCUT2D eigenvalue weighted by Gasteiger charge is 2.34. The average molecular weight is 394 g/mol. The van der Waals surface area contributed by atoms with E-state index >= 15 is 0 Å². The van der Waals surface area contributed by atoms with Gasteiger partial charge in [-0.3, -0.25) is 4.79 Å². The molecule has 2 aromatic rings. The number of carbonyl (C=O) groups excluding carboxylic acids is 2. The number of hydrogen-bond donors (Lipinski definition) is 1. The third-order valence-electron chi connectivity index (χ3n) is 4.11. The highest BCUT2D eigenvalue weighted by Crippen LogP contribution is 2.41. The summed E-state index contributed by atoms with van der Waals surface area (Å²) in [5.41, 5.74) is 1.29. The van der Waals surface area contributed by atoms with Crippen LogP contribution in [0.5, 0.6) is 0 Å². The maximum Gasteiger partial charge on any atom is 0.341 e. The number of fused-ring (bicyclic) bond motifs is 1. The maximum atomic E-state index is 12.6. The summed E-state index contributed by atoms with van der Waals surface area (Å²) in [5, 5.41) is 3.66. The molecule has 0 spiro atoms. The lowest BCUT2D eigenvalue weighted by Crippen LogP contribution is -2.32. The van der Waals surface area contributed by atoms with Crippen molar-refractivity contribution >= 4 is 39.8 Å². The number of rotatable bonds is 4. The fourth-order valence-electron chi connectivity index (χ4n) is 2.88. The molecule has 1 aromatic heterocycles. The van der Waals surface area contributed by atoms with E-state index in [1.54, 1.807) is 31.2 Å². The Kier molecular flexibility index (Phi) is 5.37. The minimum absolute atomic E-state index is 0.265. The molecule has 0 saturated carbocycles. The summed E-state index contributed by atoms with van der Waals surface area (Å²) in [6, 6.07) is 6.79. The number of hydrogen-bond acceptors (Lipinski definition) is 5. The van der Waals surface area contributed by atoms with E-state index in [1.807, 2.05) is 13.8 Å². The Morgan fingerprint density at radius 3 is 2.77 bits per heavy atom. The highest BCUT2D eigenvalue weighted by molar-refractivity contribution is 7.17. The van der Waals surface area contributed by atoms with Crippen molar-refractivity contribution in [3.8, 4) is 0 Å². The van der Waals surface area contributed by atoms with Gasteiger partial charge in [-0.2, -0.15) is 0 Å². The van der Waals surface area contributed by atoms with E-state index in [0.717, 1.165) is 10.4 Å². The van der Waals surface area contributed by atoms with Crippen LogP contribution >= 0.6 is 22.9 Å². The van der Waals surface area contributed by atoms with Crippen LogP contribution in [-0.4, -0.2) is 24.1 Å². The van der Waals surface area contributed by atoms with Gasteiger partial charge in [0.15, 0.2) is 0 Å². The minimum atomic E-state index is -0.433. The van der Waals surface area contributed by atoms with Gasteiger partial charge in [0.1, 0.15) is 5.00 Å². The van der Waals surface area contributed by atoms with Gasteiger partial charge in [-0.05, 0) is 38.5 Å². The number of halogens is 1. The van der Waals surface area contributed by atoms with E-state index in [4.69, 9.17) is 21.1 Å². The molecule has 1 aromatic carbocycles. The Labute approximate surface area is 161 Å². The van der Waals surface area contributed by atoms with E-state index in [1.165, 1.54) is 11.3 Å². The van der Waals surface area contributed by atoms with Crippen LogP contribution in [0.1, 0.15) is 51.9 Å². The lowest BCUT2D eigenvalue weighted by atomic mass is 9.93. The number of nitrogens with one attached hydrogen (secondary N) is 1. The van der Waals surface area contributed by atoms with Gasteiger partial charge in [-0.15, -0.1) is 11.3 Å². The van der Waals surface area contributed by atoms with Gasteiger partial charge in [0.05, 0.1) is 35.0 Å². The molecular weight excluding hydrogens is 374 g/mol. The number of anilines is 1. The number of esters is 1. The molecule has 1 aliphatic rings. The smallest absolute Gasteiger partial charge is 0.341 e. The van der Waals surface area contributed by atoms with Gasteiger partial charge >= 0.3 is 5.97 Å². The first-order chi connectivity index (χ1) is 12.3. The SMILES string of the molecule is CCOC(=O)c1c(NC(=O)c2ccccc2Cl)sc2c1CC(C)(C)OC2. The summed E-state index contributed by atoms with van der Waals surface area (Å²) in [7, 11) is 0. The van der Waals surface area contributed by atoms with Crippen molar-refractivity contribution in [2.75, 3.05) is 11.9 Å². The standard InChI is InChI=1S/C19H20ClNO4S/c1-4-24-18(23)15-12-9-19(2,3)25-10-14(12)26-17(15)21-16(22)11-7-5-6-8-13(11)20/h5-8H,4,9-10H2,1-3H3,(H,21,22). The molecule has 0 radical (unpaired) electrons. The molecule has 138 valence electrons. The summed E-state index contributed by atoms with van der Waals surface area (Å²) >= 11 is 7.45. The maximum absolute atomic E-state index is 12.6. The second-order valence-corrected chi connectivity index (χ2v) is 8.10. The molecule has 0 saturated heterocycles. The number of benzene rings is 1. The summed E-state index contributed by atoms with van der Waals surface area (Å²) in [6.07, 6.45) is 0.578. The van der Waals surface area contributed by atoms with Crippen molar-refractivity contribution in [3.63, 3.8) is 0 Å². The van der Waals surface area contributed by atoms with Crippen LogP contribution in [0.15, 0.2) is 24.3 Å². The molecule has 3 rings (SSSR count). The van der Waals surface area contributed by atoms with Gasteiger partial charge in [0.2, 0.25) is 0 Å². The molecule has 1 amide bonds. The number of thiophene rings is 1. The van der Waals surface area contributed by atoms with Crippen LogP contribution in [0, 0.1) is 0 Å². The van der Waals surface area contributed by atoms with Crippen molar-refractivity contribution in [1.82, 2.24) is 0 Å². The van der Waals surface area contributed by atoms with Gasteiger partial charge in [-0.25, -0.2) is 4.79 Å². The first-order valence-electron chi connectivity index (χ1n) is 8.34. The summed E-state index contributed by atoms with van der Waals surface area (Å²) in [4.78, 5) is 26.1. The van der Waals surface area contributed by atoms with Crippen LogP contribution in [0.25, 0.3) is 0 Å². The topological polar surface area (TPSA) is 64.6 Å². The zero-order valence-electron chi connectivity index (χ0n) is 14.8. The fourth-order valence-corrected chi connectivity index (χ4v) is 4.21. The van der Waals surface area contributed by atoms with Gasteiger partial charge in [0, 0.05) is 11.3 Å². The van der Waals surface area contributed by atoms with Crippen molar-refractivity contribution in [2.45, 2.75) is 39.4 Å². The molecule has 5 nitrogen and oxygen atoms in total. The summed E-state index contributed by atoms with van der Waals surface area (Å²) < 4.78 is 11.1. The number of carbonyl (C=O) groups is 2. The lowest BCUT2D eigenvalue weighted by molar-refractivity contribution is -0.0384. The van der Waals surface area contributed by atoms with Crippen molar-refractivity contribution in [3.05, 3.63) is 50.9 Å². The molecule has 26 heavy (non-hydrogen) atoms. The van der Waals surface area contributed by atoms with Crippen LogP contribution in [0.2, 0.25) is 5.02 Å². The Hall–Kier alpha value is -1.89. The minimum Gasteiger partial charge on any atom is -0.462 e. The van der Waals surface area contributed by atoms with E-state index in [-0.39, 0.29) is 18.1 Å². The Morgan fingerprint density at radius 2 is 2.08 bits per heavy atom. The number of amides is 1. The monoisotopic (exact) mass is 393 g/mol. The summed E-state index contributed by atoms with van der Waals surface area (Å²) in [6.45, 7) is 6.38. The zero-order valence-corrected chi connectivity index (χ0v) is 16.4. The van der Waals surface area contributed by atoms with Crippen LogP contribution in [-0.2, 0) is 22.5 Å². The Balaban J connectivity index is 1.99. The molecule has 1 aliphatic heterocycles. The van der Waals surface area contributed by atoms with E-state index < -0.39 is 5.97 Å². The normalized spacial score (nSPS) is 15.2. The zero-order chi connectivity index (χ0) is 18.9. The lowest BCUT2D eigenvalue weighted by Gasteiger charge is -2.30. The number of ether oxygens (including phenoxy) is 2. The molecular formula is C19H20ClNO4S. The second kappa shape index (κ2) is 7.39.